The number of aromatic nitrogens is 3. The van der Waals surface area contributed by atoms with E-state index in [4.69, 9.17) is 5.11 Å². The van der Waals surface area contributed by atoms with E-state index in [2.05, 4.69) is 15.3 Å². The molecule has 0 saturated heterocycles. The van der Waals surface area contributed by atoms with Crippen LogP contribution in [0, 0.1) is 0 Å². The lowest BCUT2D eigenvalue weighted by atomic mass is 10.0. The van der Waals surface area contributed by atoms with Gasteiger partial charge in [-0.1, -0.05) is 18.2 Å². The Kier molecular flexibility index (Phi) is 4.26. The molecule has 2 N–H and O–H groups in total. The number of hydrogen-bond acceptors (Lipinski definition) is 5. The molecule has 0 unspecified atom stereocenters. The summed E-state index contributed by atoms with van der Waals surface area (Å²) in [5, 5.41) is 14.6. The molecule has 0 aliphatic heterocycles. The monoisotopic (exact) mass is 414 g/mol. The Labute approximate surface area is 174 Å². The Morgan fingerprint density at radius 1 is 1.03 bits per heavy atom. The fourth-order valence-corrected chi connectivity index (χ4v) is 3.97. The lowest BCUT2D eigenvalue weighted by Gasteiger charge is -2.09. The summed E-state index contributed by atoms with van der Waals surface area (Å²) >= 11 is 1.53. The Hall–Kier alpha value is -4.04. The smallest absolute Gasteiger partial charge is 0.335 e. The summed E-state index contributed by atoms with van der Waals surface area (Å²) in [6.45, 7) is 0. The zero-order valence-corrected chi connectivity index (χ0v) is 16.3. The number of pyridine rings is 1. The number of hydrogen-bond donors (Lipinski definition) is 2. The number of carboxylic acids is 1. The molecule has 0 atom stereocenters. The topological polar surface area (TPSA) is 96.6 Å². The lowest BCUT2D eigenvalue weighted by Crippen LogP contribution is -2.14. The molecule has 0 spiro atoms. The first-order chi connectivity index (χ1) is 14.6. The number of imidazole rings is 1. The predicted molar refractivity (Wildman–Crippen MR) is 115 cm³/mol. The van der Waals surface area contributed by atoms with Gasteiger partial charge in [-0.3, -0.25) is 9.20 Å². The molecule has 5 aromatic rings. The fourth-order valence-electron chi connectivity index (χ4n) is 3.27. The number of carbonyl (C=O) groups is 2. The SMILES string of the molecule is O=C(O)c1ccc2nc(NC(=O)c3ccccc3-c3cn4ccsc4n3)ccc2c1. The van der Waals surface area contributed by atoms with E-state index in [9.17, 15) is 9.59 Å². The van der Waals surface area contributed by atoms with E-state index in [1.165, 1.54) is 17.4 Å². The first-order valence-corrected chi connectivity index (χ1v) is 9.93. The number of anilines is 1. The van der Waals surface area contributed by atoms with Crippen molar-refractivity contribution in [3.63, 3.8) is 0 Å². The summed E-state index contributed by atoms with van der Waals surface area (Å²) in [4.78, 5) is 34.0. The van der Waals surface area contributed by atoms with Crippen molar-refractivity contribution in [2.75, 3.05) is 5.32 Å². The van der Waals surface area contributed by atoms with Crippen molar-refractivity contribution in [2.45, 2.75) is 0 Å². The average molecular weight is 414 g/mol. The summed E-state index contributed by atoms with van der Waals surface area (Å²) in [5.74, 6) is -0.905. The summed E-state index contributed by atoms with van der Waals surface area (Å²) < 4.78 is 1.92. The molecule has 1 amide bonds. The minimum Gasteiger partial charge on any atom is -0.478 e. The standard InChI is InChI=1S/C22H14N4O3S/c27-20(25-19-8-6-13-11-14(21(28)29)5-7-17(13)23-19)16-4-2-1-3-15(16)18-12-26-9-10-30-22(26)24-18/h1-12H,(H,28,29)(H,23,25,27). The number of nitrogens with zero attached hydrogens (tertiary/aromatic N) is 3. The molecule has 146 valence electrons. The van der Waals surface area contributed by atoms with Gasteiger partial charge >= 0.3 is 5.97 Å². The van der Waals surface area contributed by atoms with Gasteiger partial charge in [0.1, 0.15) is 5.82 Å². The highest BCUT2D eigenvalue weighted by Gasteiger charge is 2.16. The zero-order valence-electron chi connectivity index (χ0n) is 15.4. The predicted octanol–water partition coefficient (Wildman–Crippen LogP) is 4.56. The second-order valence-corrected chi connectivity index (χ2v) is 7.50. The van der Waals surface area contributed by atoms with Crippen molar-refractivity contribution in [1.29, 1.82) is 0 Å². The van der Waals surface area contributed by atoms with Crippen LogP contribution in [-0.4, -0.2) is 31.4 Å². The van der Waals surface area contributed by atoms with Crippen LogP contribution in [0.1, 0.15) is 20.7 Å². The number of fused-ring (bicyclic) bond motifs is 2. The van der Waals surface area contributed by atoms with Crippen molar-refractivity contribution >= 4 is 44.9 Å². The summed E-state index contributed by atoms with van der Waals surface area (Å²) in [5.41, 5.74) is 2.74. The van der Waals surface area contributed by atoms with Crippen LogP contribution >= 0.6 is 11.3 Å². The van der Waals surface area contributed by atoms with Crippen molar-refractivity contribution in [2.24, 2.45) is 0 Å². The Morgan fingerprint density at radius 2 is 1.90 bits per heavy atom. The lowest BCUT2D eigenvalue weighted by molar-refractivity contribution is 0.0697. The van der Waals surface area contributed by atoms with E-state index in [1.807, 2.05) is 34.3 Å². The highest BCUT2D eigenvalue weighted by molar-refractivity contribution is 7.15. The van der Waals surface area contributed by atoms with E-state index < -0.39 is 5.97 Å². The van der Waals surface area contributed by atoms with Crippen LogP contribution < -0.4 is 5.32 Å². The molecule has 0 aliphatic rings. The van der Waals surface area contributed by atoms with E-state index in [0.717, 1.165) is 16.2 Å². The minimum absolute atomic E-state index is 0.190. The van der Waals surface area contributed by atoms with Crippen LogP contribution in [0.5, 0.6) is 0 Å². The van der Waals surface area contributed by atoms with Gasteiger partial charge < -0.3 is 10.4 Å². The van der Waals surface area contributed by atoms with Crippen molar-refractivity contribution in [3.05, 3.63) is 83.5 Å². The molecule has 2 aromatic carbocycles. The largest absolute Gasteiger partial charge is 0.478 e. The molecule has 0 bridgehead atoms. The molecule has 5 rings (SSSR count). The van der Waals surface area contributed by atoms with Gasteiger partial charge in [0.05, 0.1) is 16.8 Å². The van der Waals surface area contributed by atoms with E-state index in [1.54, 1.807) is 36.4 Å². The van der Waals surface area contributed by atoms with Crippen molar-refractivity contribution < 1.29 is 14.7 Å². The molecule has 0 saturated carbocycles. The molecular formula is C22H14N4O3S. The molecular weight excluding hydrogens is 400 g/mol. The Balaban J connectivity index is 1.46. The van der Waals surface area contributed by atoms with E-state index in [0.29, 0.717) is 22.3 Å². The summed E-state index contributed by atoms with van der Waals surface area (Å²) in [6.07, 6.45) is 3.82. The van der Waals surface area contributed by atoms with Gasteiger partial charge in [-0.05, 0) is 36.4 Å². The molecule has 0 aliphatic carbocycles. The third-order valence-electron chi connectivity index (χ3n) is 4.72. The van der Waals surface area contributed by atoms with Crippen LogP contribution in [0.3, 0.4) is 0 Å². The second-order valence-electron chi connectivity index (χ2n) is 6.63. The van der Waals surface area contributed by atoms with Crippen LogP contribution in [0.2, 0.25) is 0 Å². The van der Waals surface area contributed by atoms with Crippen molar-refractivity contribution in [1.82, 2.24) is 14.4 Å². The average Bonchev–Trinajstić information content (AvgIpc) is 3.35. The van der Waals surface area contributed by atoms with Crippen LogP contribution in [0.15, 0.2) is 72.4 Å². The number of thiazole rings is 1. The second kappa shape index (κ2) is 7.09. The van der Waals surface area contributed by atoms with Gasteiger partial charge in [0.25, 0.3) is 5.91 Å². The Bertz CT molecular complexity index is 1410. The van der Waals surface area contributed by atoms with Gasteiger partial charge in [0.15, 0.2) is 4.96 Å². The molecule has 7 nitrogen and oxygen atoms in total. The minimum atomic E-state index is -0.995. The first-order valence-electron chi connectivity index (χ1n) is 9.05. The van der Waals surface area contributed by atoms with E-state index >= 15 is 0 Å². The highest BCUT2D eigenvalue weighted by atomic mass is 32.1. The van der Waals surface area contributed by atoms with Crippen LogP contribution in [-0.2, 0) is 0 Å². The highest BCUT2D eigenvalue weighted by Crippen LogP contribution is 2.26. The molecule has 0 radical (unpaired) electrons. The van der Waals surface area contributed by atoms with Gasteiger partial charge in [-0.25, -0.2) is 14.8 Å². The molecule has 8 heteroatoms. The number of rotatable bonds is 4. The van der Waals surface area contributed by atoms with Gasteiger partial charge in [-0.2, -0.15) is 0 Å². The number of amides is 1. The zero-order chi connectivity index (χ0) is 20.7. The van der Waals surface area contributed by atoms with E-state index in [-0.39, 0.29) is 11.5 Å². The van der Waals surface area contributed by atoms with Gasteiger partial charge in [0.2, 0.25) is 0 Å². The maximum Gasteiger partial charge on any atom is 0.335 e. The maximum absolute atomic E-state index is 13.0. The number of nitrogens with one attached hydrogen (secondary N) is 1. The van der Waals surface area contributed by atoms with Crippen LogP contribution in [0.25, 0.3) is 27.1 Å². The van der Waals surface area contributed by atoms with Gasteiger partial charge in [0, 0.05) is 34.3 Å². The Morgan fingerprint density at radius 3 is 2.73 bits per heavy atom. The van der Waals surface area contributed by atoms with Gasteiger partial charge in [-0.15, -0.1) is 11.3 Å². The molecule has 30 heavy (non-hydrogen) atoms. The molecule has 0 fully saturated rings. The maximum atomic E-state index is 13.0. The number of benzene rings is 2. The number of aromatic carboxylic acids is 1. The molecule has 3 heterocycles. The van der Waals surface area contributed by atoms with Crippen molar-refractivity contribution in [3.8, 4) is 11.3 Å². The quantitative estimate of drug-likeness (QED) is 0.449. The summed E-state index contributed by atoms with van der Waals surface area (Å²) in [6, 6.07) is 15.3. The summed E-state index contributed by atoms with van der Waals surface area (Å²) in [7, 11) is 0. The van der Waals surface area contributed by atoms with Crippen LogP contribution in [0.4, 0.5) is 5.82 Å². The third-order valence-corrected chi connectivity index (χ3v) is 5.49. The third kappa shape index (κ3) is 3.19. The first kappa shape index (κ1) is 18.0. The number of carbonyl (C=O) groups excluding carboxylic acids is 1. The number of carboxylic acid groups (broad SMARTS) is 1. The molecule has 3 aromatic heterocycles. The fraction of sp³-hybridized carbons (Fsp3) is 0. The normalized spacial score (nSPS) is 11.1.